The number of hydrogen-bond acceptors (Lipinski definition) is 6. The van der Waals surface area contributed by atoms with E-state index in [-0.39, 0.29) is 22.1 Å². The number of rotatable bonds is 11. The van der Waals surface area contributed by atoms with E-state index in [9.17, 15) is 13.2 Å². The zero-order valence-corrected chi connectivity index (χ0v) is 24.5. The first-order valence-electron chi connectivity index (χ1n) is 12.8. The second-order valence-electron chi connectivity index (χ2n) is 10.1. The van der Waals surface area contributed by atoms with E-state index in [2.05, 4.69) is 26.1 Å². The fourth-order valence-corrected chi connectivity index (χ4v) is 5.50. The first-order chi connectivity index (χ1) is 18.4. The average Bonchev–Trinajstić information content (AvgIpc) is 2.91. The van der Waals surface area contributed by atoms with Gasteiger partial charge in [0.25, 0.3) is 10.0 Å². The van der Waals surface area contributed by atoms with Crippen molar-refractivity contribution in [3.8, 4) is 17.2 Å². The average molecular weight is 555 g/mol. The summed E-state index contributed by atoms with van der Waals surface area (Å²) >= 11 is 0. The monoisotopic (exact) mass is 554 g/mol. The van der Waals surface area contributed by atoms with Crippen molar-refractivity contribution >= 4 is 21.6 Å². The molecule has 9 heteroatoms. The zero-order chi connectivity index (χ0) is 28.8. The minimum absolute atomic E-state index is 0.0156. The van der Waals surface area contributed by atoms with E-state index in [1.54, 1.807) is 24.3 Å². The number of sulfonamides is 1. The Kier molecular flexibility index (Phi) is 9.50. The molecule has 3 aromatic carbocycles. The Bertz CT molecular complexity index is 1360. The molecule has 0 unspecified atom stereocenters. The van der Waals surface area contributed by atoms with Gasteiger partial charge in [-0.15, -0.1) is 0 Å². The zero-order valence-electron chi connectivity index (χ0n) is 23.6. The highest BCUT2D eigenvalue weighted by molar-refractivity contribution is 7.92. The molecule has 1 N–H and O–H groups in total. The van der Waals surface area contributed by atoms with Crippen LogP contribution in [0, 0.1) is 0 Å². The van der Waals surface area contributed by atoms with Crippen molar-refractivity contribution < 1.29 is 27.4 Å². The number of anilines is 1. The number of nitrogens with zero attached hydrogens (tertiary/aromatic N) is 1. The molecule has 3 rings (SSSR count). The van der Waals surface area contributed by atoms with Crippen molar-refractivity contribution in [1.29, 1.82) is 0 Å². The van der Waals surface area contributed by atoms with Crippen LogP contribution in [-0.4, -0.2) is 41.7 Å². The number of ether oxygens (including phenoxy) is 3. The molecular formula is C30H38N2O6S. The van der Waals surface area contributed by atoms with Crippen molar-refractivity contribution in [2.45, 2.75) is 51.0 Å². The Balaban J connectivity index is 1.91. The molecule has 0 fully saturated rings. The topological polar surface area (TPSA) is 94.2 Å². The van der Waals surface area contributed by atoms with Crippen LogP contribution in [0.15, 0.2) is 71.6 Å². The van der Waals surface area contributed by atoms with E-state index in [4.69, 9.17) is 14.2 Å². The molecule has 8 nitrogen and oxygen atoms in total. The standard InChI is InChI=1S/C30H38N2O6S/c1-8-38-25-15-13-24(14-16-25)32(39(34,35)26-17-18-27(36-6)28(19-26)37-7)20-29(33)31-21(2)22-9-11-23(12-10-22)30(3,4)5/h9-19,21H,8,20H2,1-7H3,(H,31,33)/t21-/m0/s1. The fourth-order valence-electron chi connectivity index (χ4n) is 4.07. The molecule has 1 amide bonds. The second-order valence-corrected chi connectivity index (χ2v) is 12.0. The van der Waals surface area contributed by atoms with Crippen LogP contribution < -0.4 is 23.8 Å². The normalized spacial score (nSPS) is 12.4. The summed E-state index contributed by atoms with van der Waals surface area (Å²) in [5.74, 6) is 0.817. The van der Waals surface area contributed by atoms with Crippen LogP contribution >= 0.6 is 0 Å². The van der Waals surface area contributed by atoms with Gasteiger partial charge < -0.3 is 19.5 Å². The van der Waals surface area contributed by atoms with Crippen LogP contribution in [0.4, 0.5) is 5.69 Å². The molecule has 0 saturated heterocycles. The summed E-state index contributed by atoms with van der Waals surface area (Å²) < 4.78 is 44.8. The van der Waals surface area contributed by atoms with Gasteiger partial charge in [0.1, 0.15) is 12.3 Å². The number of hydrogen-bond donors (Lipinski definition) is 1. The highest BCUT2D eigenvalue weighted by atomic mass is 32.2. The van der Waals surface area contributed by atoms with Crippen LogP contribution in [0.25, 0.3) is 0 Å². The van der Waals surface area contributed by atoms with E-state index in [1.807, 2.05) is 38.1 Å². The molecule has 0 bridgehead atoms. The molecule has 0 saturated carbocycles. The third-order valence-corrected chi connectivity index (χ3v) is 8.09. The van der Waals surface area contributed by atoms with Crippen LogP contribution in [0.5, 0.6) is 17.2 Å². The van der Waals surface area contributed by atoms with Gasteiger partial charge in [-0.3, -0.25) is 9.10 Å². The number of nitrogens with one attached hydrogen (secondary N) is 1. The minimum atomic E-state index is -4.16. The maximum Gasteiger partial charge on any atom is 0.264 e. The second kappa shape index (κ2) is 12.4. The lowest BCUT2D eigenvalue weighted by atomic mass is 9.86. The van der Waals surface area contributed by atoms with Gasteiger partial charge >= 0.3 is 0 Å². The summed E-state index contributed by atoms with van der Waals surface area (Å²) in [6.07, 6.45) is 0. The fraction of sp³-hybridized carbons (Fsp3) is 0.367. The van der Waals surface area contributed by atoms with Crippen molar-refractivity contribution in [3.05, 3.63) is 77.9 Å². The van der Waals surface area contributed by atoms with Gasteiger partial charge in [-0.2, -0.15) is 0 Å². The number of methoxy groups -OCH3 is 2. The molecule has 3 aromatic rings. The van der Waals surface area contributed by atoms with E-state index in [1.165, 1.54) is 38.0 Å². The lowest BCUT2D eigenvalue weighted by Crippen LogP contribution is -2.41. The van der Waals surface area contributed by atoms with Crippen molar-refractivity contribution in [3.63, 3.8) is 0 Å². The van der Waals surface area contributed by atoms with Gasteiger partial charge in [0.05, 0.1) is 37.5 Å². The molecular weight excluding hydrogens is 516 g/mol. The summed E-state index contributed by atoms with van der Waals surface area (Å²) in [6.45, 7) is 10.2. The lowest BCUT2D eigenvalue weighted by molar-refractivity contribution is -0.120. The number of carbonyl (C=O) groups excluding carboxylic acids is 1. The Labute approximate surface area is 231 Å². The highest BCUT2D eigenvalue weighted by Crippen LogP contribution is 2.33. The Hall–Kier alpha value is -3.72. The van der Waals surface area contributed by atoms with Gasteiger partial charge in [-0.05, 0) is 66.8 Å². The predicted octanol–water partition coefficient (Wildman–Crippen LogP) is 5.47. The van der Waals surface area contributed by atoms with Crippen molar-refractivity contribution in [1.82, 2.24) is 5.32 Å². The Morgan fingerprint density at radius 3 is 2.08 bits per heavy atom. The van der Waals surface area contributed by atoms with Crippen LogP contribution in [0.3, 0.4) is 0 Å². The number of carbonyl (C=O) groups is 1. The van der Waals surface area contributed by atoms with Crippen LogP contribution in [0.2, 0.25) is 0 Å². The first kappa shape index (κ1) is 29.8. The van der Waals surface area contributed by atoms with Gasteiger partial charge in [0.2, 0.25) is 5.91 Å². The molecule has 0 aliphatic rings. The summed E-state index contributed by atoms with van der Waals surface area (Å²) in [4.78, 5) is 13.2. The summed E-state index contributed by atoms with van der Waals surface area (Å²) in [6, 6.07) is 18.6. The highest BCUT2D eigenvalue weighted by Gasteiger charge is 2.29. The summed E-state index contributed by atoms with van der Waals surface area (Å²) in [5.41, 5.74) is 2.45. The molecule has 0 aliphatic heterocycles. The SMILES string of the molecule is CCOc1ccc(N(CC(=O)N[C@@H](C)c2ccc(C(C)(C)C)cc2)S(=O)(=O)c2ccc(OC)c(OC)c2)cc1. The van der Waals surface area contributed by atoms with Crippen molar-refractivity contribution in [2.24, 2.45) is 0 Å². The van der Waals surface area contributed by atoms with Crippen LogP contribution in [-0.2, 0) is 20.2 Å². The van der Waals surface area contributed by atoms with Crippen molar-refractivity contribution in [2.75, 3.05) is 31.7 Å². The maximum absolute atomic E-state index is 13.9. The molecule has 1 atom stereocenters. The van der Waals surface area contributed by atoms with Crippen LogP contribution in [0.1, 0.15) is 51.8 Å². The predicted molar refractivity (Wildman–Crippen MR) is 153 cm³/mol. The van der Waals surface area contributed by atoms with E-state index in [0.29, 0.717) is 23.8 Å². The van der Waals surface area contributed by atoms with E-state index < -0.39 is 22.5 Å². The minimum Gasteiger partial charge on any atom is -0.494 e. The molecule has 39 heavy (non-hydrogen) atoms. The van der Waals surface area contributed by atoms with Gasteiger partial charge in [-0.25, -0.2) is 8.42 Å². The van der Waals surface area contributed by atoms with E-state index >= 15 is 0 Å². The number of benzene rings is 3. The smallest absolute Gasteiger partial charge is 0.264 e. The molecule has 210 valence electrons. The third-order valence-electron chi connectivity index (χ3n) is 6.32. The molecule has 0 heterocycles. The third kappa shape index (κ3) is 7.23. The quantitative estimate of drug-likeness (QED) is 0.338. The van der Waals surface area contributed by atoms with Gasteiger partial charge in [0.15, 0.2) is 11.5 Å². The Morgan fingerprint density at radius 2 is 1.54 bits per heavy atom. The summed E-state index contributed by atoms with van der Waals surface area (Å²) in [5, 5.41) is 2.94. The Morgan fingerprint density at radius 1 is 0.923 bits per heavy atom. The lowest BCUT2D eigenvalue weighted by Gasteiger charge is -2.26. The molecule has 0 spiro atoms. The van der Waals surface area contributed by atoms with Gasteiger partial charge in [0, 0.05) is 6.07 Å². The van der Waals surface area contributed by atoms with Gasteiger partial charge in [-0.1, -0.05) is 45.0 Å². The van der Waals surface area contributed by atoms with E-state index in [0.717, 1.165) is 9.87 Å². The molecule has 0 aliphatic carbocycles. The first-order valence-corrected chi connectivity index (χ1v) is 14.2. The number of amides is 1. The molecule has 0 aromatic heterocycles. The maximum atomic E-state index is 13.9. The molecule has 0 radical (unpaired) electrons. The summed E-state index contributed by atoms with van der Waals surface area (Å²) in [7, 11) is -1.25. The largest absolute Gasteiger partial charge is 0.494 e.